The van der Waals surface area contributed by atoms with Crippen LogP contribution in [-0.2, 0) is 11.3 Å². The highest BCUT2D eigenvalue weighted by Gasteiger charge is 2.35. The van der Waals surface area contributed by atoms with Crippen molar-refractivity contribution < 1.29 is 24.1 Å². The Morgan fingerprint density at radius 3 is 2.67 bits per heavy atom. The molecule has 3 atom stereocenters. The van der Waals surface area contributed by atoms with E-state index >= 15 is 0 Å². The second kappa shape index (κ2) is 7.82. The van der Waals surface area contributed by atoms with Crippen molar-refractivity contribution in [1.29, 1.82) is 0 Å². The number of aliphatic hydroxyl groups is 2. The van der Waals surface area contributed by atoms with Gasteiger partial charge in [0.2, 0.25) is 0 Å². The van der Waals surface area contributed by atoms with Gasteiger partial charge in [0.25, 0.3) is 11.5 Å². The Morgan fingerprint density at radius 2 is 2.04 bits per heavy atom. The van der Waals surface area contributed by atoms with Crippen LogP contribution in [0.1, 0.15) is 28.6 Å². The van der Waals surface area contributed by atoms with Crippen LogP contribution < -0.4 is 16.6 Å². The lowest BCUT2D eigenvalue weighted by molar-refractivity contribution is -0.0459. The molecule has 0 radical (unpaired) electrons. The van der Waals surface area contributed by atoms with Crippen molar-refractivity contribution in [2.75, 3.05) is 6.61 Å². The molecule has 1 unspecified atom stereocenters. The van der Waals surface area contributed by atoms with Crippen LogP contribution in [0.5, 0.6) is 0 Å². The van der Waals surface area contributed by atoms with Crippen LogP contribution in [0.4, 0.5) is 4.39 Å². The van der Waals surface area contributed by atoms with Crippen LogP contribution in [0.25, 0.3) is 0 Å². The second-order valence-electron chi connectivity index (χ2n) is 6.13. The molecule has 1 amide bonds. The molecule has 1 aromatic carbocycles. The molecule has 27 heavy (non-hydrogen) atoms. The number of hydrogen-bond acceptors (Lipinski definition) is 6. The van der Waals surface area contributed by atoms with E-state index in [9.17, 15) is 23.9 Å². The monoisotopic (exact) mass is 379 g/mol. The largest absolute Gasteiger partial charge is 0.394 e. The van der Waals surface area contributed by atoms with Gasteiger partial charge in [-0.25, -0.2) is 9.18 Å². The molecular formula is C17H18FN3O6. The fraction of sp³-hybridized carbons (Fsp3) is 0.353. The number of halogens is 1. The first-order chi connectivity index (χ1) is 12.9. The van der Waals surface area contributed by atoms with Crippen molar-refractivity contribution in [3.63, 3.8) is 0 Å². The van der Waals surface area contributed by atoms with Gasteiger partial charge in [-0.2, -0.15) is 0 Å². The van der Waals surface area contributed by atoms with Crippen LogP contribution >= 0.6 is 0 Å². The number of nitrogens with one attached hydrogen (secondary N) is 2. The molecule has 0 bridgehead atoms. The number of nitrogens with zero attached hydrogens (tertiary/aromatic N) is 1. The Bertz CT molecular complexity index is 939. The van der Waals surface area contributed by atoms with Gasteiger partial charge in [0.15, 0.2) is 0 Å². The molecule has 1 fully saturated rings. The molecule has 2 aromatic rings. The molecule has 2 heterocycles. The van der Waals surface area contributed by atoms with Gasteiger partial charge in [0, 0.05) is 19.2 Å². The number of rotatable bonds is 5. The lowest BCUT2D eigenvalue weighted by Gasteiger charge is -2.15. The van der Waals surface area contributed by atoms with Crippen LogP contribution in [-0.4, -0.2) is 44.5 Å². The minimum absolute atomic E-state index is 0.0216. The van der Waals surface area contributed by atoms with Gasteiger partial charge >= 0.3 is 5.69 Å². The standard InChI is InChI=1S/C17H18FN3O6/c18-10-3-1-9(2-4-10)6-19-15(24)11-7-21(17(26)20-16(11)25)14-5-12(23)13(8-22)27-14/h1-4,7,12-14,22-23H,5-6,8H2,(H,19,24)(H,20,25,26)/t12-,13?,14-/m1/s1. The normalized spacial score (nSPS) is 22.0. The molecule has 10 heteroatoms. The Hall–Kier alpha value is -2.82. The summed E-state index contributed by atoms with van der Waals surface area (Å²) in [5, 5.41) is 21.4. The fourth-order valence-electron chi connectivity index (χ4n) is 2.79. The number of aromatic nitrogens is 2. The maximum Gasteiger partial charge on any atom is 0.330 e. The third-order valence-electron chi connectivity index (χ3n) is 4.27. The number of aliphatic hydroxyl groups excluding tert-OH is 2. The van der Waals surface area contributed by atoms with Crippen LogP contribution in [0.15, 0.2) is 40.1 Å². The molecule has 4 N–H and O–H groups in total. The Balaban J connectivity index is 1.79. The predicted octanol–water partition coefficient (Wildman–Crippen LogP) is -0.754. The number of H-pyrrole nitrogens is 1. The number of aromatic amines is 1. The van der Waals surface area contributed by atoms with E-state index in [2.05, 4.69) is 5.32 Å². The molecule has 9 nitrogen and oxygen atoms in total. The third-order valence-corrected chi connectivity index (χ3v) is 4.27. The summed E-state index contributed by atoms with van der Waals surface area (Å²) in [5.74, 6) is -1.14. The van der Waals surface area contributed by atoms with Gasteiger partial charge < -0.3 is 20.3 Å². The van der Waals surface area contributed by atoms with E-state index < -0.39 is 48.0 Å². The zero-order valence-corrected chi connectivity index (χ0v) is 14.1. The van der Waals surface area contributed by atoms with E-state index in [0.717, 1.165) is 10.8 Å². The average molecular weight is 379 g/mol. The van der Waals surface area contributed by atoms with Crippen LogP contribution in [0.3, 0.4) is 0 Å². The second-order valence-corrected chi connectivity index (χ2v) is 6.13. The number of carbonyl (C=O) groups excluding carboxylic acids is 1. The van der Waals surface area contributed by atoms with Gasteiger partial charge in [-0.3, -0.25) is 19.1 Å². The quantitative estimate of drug-likeness (QED) is 0.540. The SMILES string of the molecule is O=C(NCc1ccc(F)cc1)c1cn([C@H]2C[C@@H](O)C(CO)O2)c(=O)[nH]c1=O. The highest BCUT2D eigenvalue weighted by atomic mass is 19.1. The average Bonchev–Trinajstić information content (AvgIpc) is 3.01. The van der Waals surface area contributed by atoms with Crippen LogP contribution in [0, 0.1) is 5.82 Å². The summed E-state index contributed by atoms with van der Waals surface area (Å²) in [6, 6.07) is 5.47. The maximum atomic E-state index is 12.9. The van der Waals surface area contributed by atoms with Crippen molar-refractivity contribution in [2.45, 2.75) is 31.4 Å². The number of benzene rings is 1. The van der Waals surface area contributed by atoms with Crippen molar-refractivity contribution in [3.05, 3.63) is 68.2 Å². The summed E-state index contributed by atoms with van der Waals surface area (Å²) in [5.41, 5.74) is -1.36. The summed E-state index contributed by atoms with van der Waals surface area (Å²) in [7, 11) is 0. The summed E-state index contributed by atoms with van der Waals surface area (Å²) < 4.78 is 19.3. The lowest BCUT2D eigenvalue weighted by atomic mass is 10.2. The molecule has 0 spiro atoms. The number of amides is 1. The first-order valence-electron chi connectivity index (χ1n) is 8.21. The lowest BCUT2D eigenvalue weighted by Crippen LogP contribution is -2.38. The summed E-state index contributed by atoms with van der Waals surface area (Å²) in [6.07, 6.45) is -1.68. The van der Waals surface area contributed by atoms with Gasteiger partial charge in [0.1, 0.15) is 23.7 Å². The van der Waals surface area contributed by atoms with E-state index in [1.165, 1.54) is 24.3 Å². The highest BCUT2D eigenvalue weighted by Crippen LogP contribution is 2.27. The van der Waals surface area contributed by atoms with E-state index in [-0.39, 0.29) is 18.5 Å². The maximum absolute atomic E-state index is 12.9. The molecule has 1 saturated heterocycles. The Labute approximate surface area is 152 Å². The number of ether oxygens (including phenoxy) is 1. The summed E-state index contributed by atoms with van der Waals surface area (Å²) >= 11 is 0. The fourth-order valence-corrected chi connectivity index (χ4v) is 2.79. The molecule has 144 valence electrons. The van der Waals surface area contributed by atoms with E-state index in [1.807, 2.05) is 4.98 Å². The predicted molar refractivity (Wildman–Crippen MR) is 90.5 cm³/mol. The highest BCUT2D eigenvalue weighted by molar-refractivity contribution is 5.93. The summed E-state index contributed by atoms with van der Waals surface area (Å²) in [6.45, 7) is -0.371. The van der Waals surface area contributed by atoms with Crippen molar-refractivity contribution in [3.8, 4) is 0 Å². The van der Waals surface area contributed by atoms with Crippen molar-refractivity contribution >= 4 is 5.91 Å². The zero-order chi connectivity index (χ0) is 19.6. The molecule has 0 aliphatic carbocycles. The van der Waals surface area contributed by atoms with E-state index in [4.69, 9.17) is 9.84 Å². The molecule has 3 rings (SSSR count). The topological polar surface area (TPSA) is 134 Å². The van der Waals surface area contributed by atoms with Crippen molar-refractivity contribution in [2.24, 2.45) is 0 Å². The first-order valence-corrected chi connectivity index (χ1v) is 8.21. The van der Waals surface area contributed by atoms with Gasteiger partial charge in [0.05, 0.1) is 12.7 Å². The number of hydrogen-bond donors (Lipinski definition) is 4. The van der Waals surface area contributed by atoms with Crippen molar-refractivity contribution in [1.82, 2.24) is 14.9 Å². The first kappa shape index (κ1) is 19.0. The molecule has 1 aliphatic rings. The van der Waals surface area contributed by atoms with Crippen LogP contribution in [0.2, 0.25) is 0 Å². The minimum atomic E-state index is -0.977. The Kier molecular flexibility index (Phi) is 5.49. The molecule has 0 saturated carbocycles. The van der Waals surface area contributed by atoms with E-state index in [1.54, 1.807) is 0 Å². The smallest absolute Gasteiger partial charge is 0.330 e. The number of carbonyl (C=O) groups is 1. The molecular weight excluding hydrogens is 361 g/mol. The van der Waals surface area contributed by atoms with E-state index in [0.29, 0.717) is 5.56 Å². The van der Waals surface area contributed by atoms with Gasteiger partial charge in [-0.1, -0.05) is 12.1 Å². The van der Waals surface area contributed by atoms with Gasteiger partial charge in [-0.05, 0) is 17.7 Å². The molecule has 1 aliphatic heterocycles. The molecule has 1 aromatic heterocycles. The summed E-state index contributed by atoms with van der Waals surface area (Å²) in [4.78, 5) is 38.4. The third kappa shape index (κ3) is 4.13. The Morgan fingerprint density at radius 1 is 1.33 bits per heavy atom. The minimum Gasteiger partial charge on any atom is -0.394 e. The zero-order valence-electron chi connectivity index (χ0n) is 14.1. The van der Waals surface area contributed by atoms with Gasteiger partial charge in [-0.15, -0.1) is 0 Å².